The van der Waals surface area contributed by atoms with Gasteiger partial charge in [0.2, 0.25) is 0 Å². The summed E-state index contributed by atoms with van der Waals surface area (Å²) in [6.07, 6.45) is 2.27. The van der Waals surface area contributed by atoms with E-state index in [1.807, 2.05) is 18.2 Å². The number of carbonyl (C=O) groups is 2. The Kier molecular flexibility index (Phi) is 7.15. The minimum Gasteiger partial charge on any atom is -0.497 e. The smallest absolute Gasteiger partial charge is 0.328 e. The summed E-state index contributed by atoms with van der Waals surface area (Å²) in [4.78, 5) is 24.0. The number of nitrogens with zero attached hydrogens (tertiary/aromatic N) is 2. The first-order chi connectivity index (χ1) is 14.9. The number of methoxy groups -OCH3 is 1. The first-order valence-electron chi connectivity index (χ1n) is 9.93. The largest absolute Gasteiger partial charge is 0.497 e. The molecule has 0 saturated carbocycles. The van der Waals surface area contributed by atoms with Crippen LogP contribution in [0.2, 0.25) is 0 Å². The molecule has 2 heterocycles. The Hall–Kier alpha value is -3.52. The van der Waals surface area contributed by atoms with E-state index in [1.165, 1.54) is 11.3 Å². The average molecular weight is 426 g/mol. The van der Waals surface area contributed by atoms with Crippen LogP contribution in [0.5, 0.6) is 17.2 Å². The Morgan fingerprint density at radius 2 is 1.77 bits per heavy atom. The van der Waals surface area contributed by atoms with Gasteiger partial charge in [-0.2, -0.15) is 0 Å². The van der Waals surface area contributed by atoms with E-state index in [9.17, 15) is 9.59 Å². The predicted octanol–water partition coefficient (Wildman–Crippen LogP) is 3.40. The number of ether oxygens (including phenoxy) is 2. The summed E-state index contributed by atoms with van der Waals surface area (Å²) >= 11 is 0. The highest BCUT2D eigenvalue weighted by Crippen LogP contribution is 2.45. The molecule has 1 fully saturated rings. The first kappa shape index (κ1) is 22.2. The number of aliphatic carboxylic acids is 2. The molecule has 2 N–H and O–H groups in total. The first-order valence-corrected chi connectivity index (χ1v) is 9.93. The van der Waals surface area contributed by atoms with E-state index in [4.69, 9.17) is 19.7 Å². The molecule has 0 radical (unpaired) electrons. The molecule has 4 rings (SSSR count). The second-order valence-electron chi connectivity index (χ2n) is 7.31. The van der Waals surface area contributed by atoms with Crippen LogP contribution in [-0.4, -0.2) is 60.8 Å². The molecule has 0 aliphatic carbocycles. The van der Waals surface area contributed by atoms with Crippen molar-refractivity contribution in [3.8, 4) is 17.2 Å². The van der Waals surface area contributed by atoms with E-state index in [2.05, 4.69) is 41.1 Å². The number of anilines is 1. The molecular weight excluding hydrogens is 400 g/mol. The van der Waals surface area contributed by atoms with Gasteiger partial charge in [0.25, 0.3) is 0 Å². The molecule has 0 amide bonds. The highest BCUT2D eigenvalue weighted by Gasteiger charge is 2.32. The van der Waals surface area contributed by atoms with E-state index in [0.29, 0.717) is 12.2 Å². The van der Waals surface area contributed by atoms with Crippen LogP contribution < -0.4 is 14.4 Å². The van der Waals surface area contributed by atoms with Crippen molar-refractivity contribution in [3.05, 3.63) is 60.2 Å². The number of benzene rings is 2. The van der Waals surface area contributed by atoms with Gasteiger partial charge in [-0.25, -0.2) is 9.59 Å². The molecule has 0 bridgehead atoms. The normalized spacial score (nSPS) is 17.6. The van der Waals surface area contributed by atoms with Gasteiger partial charge >= 0.3 is 11.9 Å². The molecule has 0 spiro atoms. The van der Waals surface area contributed by atoms with Crippen molar-refractivity contribution in [3.63, 3.8) is 0 Å². The third kappa shape index (κ3) is 5.55. The van der Waals surface area contributed by atoms with Crippen LogP contribution in [0.3, 0.4) is 0 Å². The van der Waals surface area contributed by atoms with Crippen LogP contribution in [0.4, 0.5) is 5.69 Å². The fourth-order valence-electron chi connectivity index (χ4n) is 3.76. The van der Waals surface area contributed by atoms with Gasteiger partial charge in [0.1, 0.15) is 11.5 Å². The minimum atomic E-state index is -1.26. The second-order valence-corrected chi connectivity index (χ2v) is 7.31. The van der Waals surface area contributed by atoms with Crippen LogP contribution >= 0.6 is 0 Å². The highest BCUT2D eigenvalue weighted by atomic mass is 16.5. The van der Waals surface area contributed by atoms with Crippen LogP contribution in [0.15, 0.2) is 54.6 Å². The fourth-order valence-corrected chi connectivity index (χ4v) is 3.76. The lowest BCUT2D eigenvalue weighted by atomic mass is 10.0. The lowest BCUT2D eigenvalue weighted by Gasteiger charge is -2.32. The third-order valence-corrected chi connectivity index (χ3v) is 5.14. The highest BCUT2D eigenvalue weighted by molar-refractivity contribution is 5.89. The lowest BCUT2D eigenvalue weighted by molar-refractivity contribution is -0.134. The number of carboxylic acids is 2. The standard InChI is InChI=1S/C19H22N2O2.C4H4O4/c1-20-10-5-11-21-16-6-3-4-7-19(16)23-18-9-8-14(22-2)12-15(18)17(21)13-20;5-3(6)1-2-4(7)8/h3-4,6-9,12,17H,5,10-11,13H2,1-2H3;1-2H,(H,5,6)(H,7,8). The maximum atomic E-state index is 9.55. The molecule has 2 aliphatic rings. The summed E-state index contributed by atoms with van der Waals surface area (Å²) in [5.74, 6) is 0.233. The van der Waals surface area contributed by atoms with Crippen LogP contribution in [-0.2, 0) is 9.59 Å². The van der Waals surface area contributed by atoms with E-state index < -0.39 is 11.9 Å². The maximum absolute atomic E-state index is 9.55. The molecule has 2 aromatic rings. The molecule has 2 aromatic carbocycles. The molecule has 31 heavy (non-hydrogen) atoms. The molecule has 0 aromatic heterocycles. The lowest BCUT2D eigenvalue weighted by Crippen LogP contribution is -2.32. The summed E-state index contributed by atoms with van der Waals surface area (Å²) < 4.78 is 11.7. The van der Waals surface area contributed by atoms with Crippen molar-refractivity contribution in [2.24, 2.45) is 0 Å². The molecule has 2 aliphatic heterocycles. The van der Waals surface area contributed by atoms with Crippen molar-refractivity contribution < 1.29 is 29.3 Å². The Morgan fingerprint density at radius 3 is 2.45 bits per heavy atom. The molecule has 1 saturated heterocycles. The van der Waals surface area contributed by atoms with Gasteiger partial charge in [0.15, 0.2) is 5.75 Å². The van der Waals surface area contributed by atoms with Gasteiger partial charge in [0, 0.05) is 30.8 Å². The number of fused-ring (bicyclic) bond motifs is 5. The number of hydrogen-bond donors (Lipinski definition) is 2. The summed E-state index contributed by atoms with van der Waals surface area (Å²) in [5.41, 5.74) is 2.39. The van der Waals surface area contributed by atoms with Crippen molar-refractivity contribution in [1.29, 1.82) is 0 Å². The summed E-state index contributed by atoms with van der Waals surface area (Å²) in [5, 5.41) is 15.6. The molecule has 1 unspecified atom stereocenters. The fraction of sp³-hybridized carbons (Fsp3) is 0.304. The molecule has 164 valence electrons. The number of hydrogen-bond acceptors (Lipinski definition) is 6. The van der Waals surface area contributed by atoms with Crippen molar-refractivity contribution in [2.75, 3.05) is 38.7 Å². The Morgan fingerprint density at radius 1 is 1.06 bits per heavy atom. The van der Waals surface area contributed by atoms with Crippen molar-refractivity contribution in [1.82, 2.24) is 4.90 Å². The zero-order valence-corrected chi connectivity index (χ0v) is 17.5. The Balaban J connectivity index is 0.000000293. The van der Waals surface area contributed by atoms with Crippen molar-refractivity contribution in [2.45, 2.75) is 12.5 Å². The van der Waals surface area contributed by atoms with Gasteiger partial charge in [0.05, 0.1) is 18.8 Å². The topological polar surface area (TPSA) is 99.5 Å². The minimum absolute atomic E-state index is 0.274. The number of carboxylic acid groups (broad SMARTS) is 2. The predicted molar refractivity (Wildman–Crippen MR) is 116 cm³/mol. The molecule has 8 heteroatoms. The zero-order valence-electron chi connectivity index (χ0n) is 17.5. The Labute approximate surface area is 180 Å². The van der Waals surface area contributed by atoms with Gasteiger partial charge in [-0.3, -0.25) is 0 Å². The van der Waals surface area contributed by atoms with Crippen LogP contribution in [0, 0.1) is 0 Å². The second kappa shape index (κ2) is 9.99. The average Bonchev–Trinajstić information content (AvgIpc) is 3.01. The monoisotopic (exact) mass is 426 g/mol. The van der Waals surface area contributed by atoms with Crippen molar-refractivity contribution >= 4 is 17.6 Å². The summed E-state index contributed by atoms with van der Waals surface area (Å²) in [7, 11) is 3.91. The zero-order chi connectivity index (χ0) is 22.4. The Bertz CT molecular complexity index is 958. The van der Waals surface area contributed by atoms with Gasteiger partial charge in [-0.1, -0.05) is 12.1 Å². The van der Waals surface area contributed by atoms with Gasteiger partial charge < -0.3 is 29.5 Å². The van der Waals surface area contributed by atoms with Crippen LogP contribution in [0.25, 0.3) is 0 Å². The molecule has 8 nitrogen and oxygen atoms in total. The number of para-hydroxylation sites is 2. The molecular formula is C23H26N2O6. The summed E-state index contributed by atoms with van der Waals surface area (Å²) in [6.45, 7) is 3.14. The molecule has 1 atom stereocenters. The maximum Gasteiger partial charge on any atom is 0.328 e. The van der Waals surface area contributed by atoms with E-state index in [1.54, 1.807) is 7.11 Å². The van der Waals surface area contributed by atoms with Gasteiger partial charge in [-0.15, -0.1) is 0 Å². The SMILES string of the molecule is COc1ccc2c(c1)C1CN(C)CCCN1c1ccccc1O2.O=C(O)C=CC(=O)O. The van der Waals surface area contributed by atoms with E-state index in [0.717, 1.165) is 43.3 Å². The van der Waals surface area contributed by atoms with E-state index >= 15 is 0 Å². The van der Waals surface area contributed by atoms with E-state index in [-0.39, 0.29) is 6.04 Å². The van der Waals surface area contributed by atoms with Gasteiger partial charge in [-0.05, 0) is 50.3 Å². The quantitative estimate of drug-likeness (QED) is 0.721. The third-order valence-electron chi connectivity index (χ3n) is 5.14. The van der Waals surface area contributed by atoms with Crippen LogP contribution in [0.1, 0.15) is 18.0 Å². The number of rotatable bonds is 3. The summed E-state index contributed by atoms with van der Waals surface area (Å²) in [6, 6.07) is 14.7. The number of likely N-dealkylation sites (N-methyl/N-ethyl adjacent to an activating group) is 1.